The molecule has 0 nitrogen and oxygen atoms in total. The summed E-state index contributed by atoms with van der Waals surface area (Å²) in [5.74, 6) is 0. The highest BCUT2D eigenvalue weighted by atomic mass is 14.2. The van der Waals surface area contributed by atoms with Crippen molar-refractivity contribution >= 4 is 11.6 Å². The largest absolute Gasteiger partial charge is 0.0622 e. The van der Waals surface area contributed by atoms with Crippen molar-refractivity contribution in [2.75, 3.05) is 0 Å². The van der Waals surface area contributed by atoms with Crippen LogP contribution in [-0.2, 0) is 6.42 Å². The Balaban J connectivity index is 1.90. The van der Waals surface area contributed by atoms with Gasteiger partial charge in [-0.25, -0.2) is 0 Å². The Morgan fingerprint density at radius 3 is 2.22 bits per heavy atom. The van der Waals surface area contributed by atoms with E-state index in [2.05, 4.69) is 86.7 Å². The maximum absolute atomic E-state index is 2.39. The second kappa shape index (κ2) is 5.55. The lowest BCUT2D eigenvalue weighted by Gasteiger charge is -2.14. The van der Waals surface area contributed by atoms with Crippen LogP contribution in [0.2, 0.25) is 0 Å². The first kappa shape index (κ1) is 14.0. The monoisotopic (exact) mass is 296 g/mol. The summed E-state index contributed by atoms with van der Waals surface area (Å²) in [6.07, 6.45) is 3.41. The van der Waals surface area contributed by atoms with Gasteiger partial charge in [0, 0.05) is 0 Å². The second-order valence-corrected chi connectivity index (χ2v) is 6.36. The van der Waals surface area contributed by atoms with E-state index in [0.717, 1.165) is 6.42 Å². The Bertz CT molecular complexity index is 899. The average Bonchev–Trinajstić information content (AvgIpc) is 3.01. The van der Waals surface area contributed by atoms with E-state index in [1.165, 1.54) is 44.5 Å². The molecular formula is C23H20. The number of rotatable bonds is 2. The number of hydrogen-bond donors (Lipinski definition) is 0. The van der Waals surface area contributed by atoms with Gasteiger partial charge >= 0.3 is 0 Å². The average molecular weight is 296 g/mol. The van der Waals surface area contributed by atoms with Crippen LogP contribution < -0.4 is 0 Å². The number of benzene rings is 3. The first-order valence-electron chi connectivity index (χ1n) is 8.18. The molecule has 3 aromatic rings. The van der Waals surface area contributed by atoms with E-state index in [0.29, 0.717) is 0 Å². The van der Waals surface area contributed by atoms with Gasteiger partial charge in [-0.1, -0.05) is 66.7 Å². The van der Waals surface area contributed by atoms with Crippen LogP contribution in [0.4, 0.5) is 0 Å². The van der Waals surface area contributed by atoms with Gasteiger partial charge in [0.25, 0.3) is 0 Å². The van der Waals surface area contributed by atoms with Crippen LogP contribution in [0.1, 0.15) is 27.8 Å². The van der Waals surface area contributed by atoms with E-state index in [1.807, 2.05) is 0 Å². The van der Waals surface area contributed by atoms with Crippen molar-refractivity contribution in [2.45, 2.75) is 20.3 Å². The van der Waals surface area contributed by atoms with Gasteiger partial charge in [-0.2, -0.15) is 0 Å². The molecule has 0 N–H and O–H groups in total. The highest BCUT2D eigenvalue weighted by Crippen LogP contribution is 2.40. The van der Waals surface area contributed by atoms with E-state index >= 15 is 0 Å². The summed E-state index contributed by atoms with van der Waals surface area (Å²) in [4.78, 5) is 0. The molecule has 0 amide bonds. The molecule has 0 aliphatic heterocycles. The molecule has 0 aromatic heterocycles. The van der Waals surface area contributed by atoms with Crippen LogP contribution in [-0.4, -0.2) is 0 Å². The van der Waals surface area contributed by atoms with Gasteiger partial charge in [0.15, 0.2) is 0 Å². The minimum Gasteiger partial charge on any atom is -0.0622 e. The van der Waals surface area contributed by atoms with Crippen molar-refractivity contribution in [3.8, 4) is 11.1 Å². The van der Waals surface area contributed by atoms with Crippen LogP contribution in [0.15, 0.2) is 66.7 Å². The molecule has 1 aliphatic rings. The molecule has 112 valence electrons. The third kappa shape index (κ3) is 2.41. The van der Waals surface area contributed by atoms with Crippen molar-refractivity contribution < 1.29 is 0 Å². The first-order valence-corrected chi connectivity index (χ1v) is 8.18. The molecule has 23 heavy (non-hydrogen) atoms. The summed E-state index contributed by atoms with van der Waals surface area (Å²) in [5.41, 5.74) is 11.0. The lowest BCUT2D eigenvalue weighted by molar-refractivity contribution is 1.29. The van der Waals surface area contributed by atoms with E-state index < -0.39 is 0 Å². The summed E-state index contributed by atoms with van der Waals surface area (Å²) in [5, 5.41) is 0. The summed E-state index contributed by atoms with van der Waals surface area (Å²) >= 11 is 0. The van der Waals surface area contributed by atoms with Gasteiger partial charge in [0.2, 0.25) is 0 Å². The summed E-state index contributed by atoms with van der Waals surface area (Å²) in [6, 6.07) is 24.0. The zero-order valence-corrected chi connectivity index (χ0v) is 13.6. The van der Waals surface area contributed by atoms with Crippen LogP contribution in [0.3, 0.4) is 0 Å². The van der Waals surface area contributed by atoms with Crippen LogP contribution >= 0.6 is 0 Å². The Hall–Kier alpha value is -2.60. The third-order valence-electron chi connectivity index (χ3n) is 4.80. The topological polar surface area (TPSA) is 0 Å². The van der Waals surface area contributed by atoms with E-state index in [-0.39, 0.29) is 0 Å². The third-order valence-corrected chi connectivity index (χ3v) is 4.80. The quantitative estimate of drug-likeness (QED) is 0.538. The Morgan fingerprint density at radius 1 is 0.696 bits per heavy atom. The van der Waals surface area contributed by atoms with Gasteiger partial charge in [-0.3, -0.25) is 0 Å². The van der Waals surface area contributed by atoms with E-state index in [9.17, 15) is 0 Å². The van der Waals surface area contributed by atoms with Crippen molar-refractivity contribution in [3.63, 3.8) is 0 Å². The normalized spacial score (nSPS) is 12.9. The lowest BCUT2D eigenvalue weighted by Crippen LogP contribution is -1.93. The fraction of sp³-hybridized carbons (Fsp3) is 0.130. The van der Waals surface area contributed by atoms with Gasteiger partial charge < -0.3 is 0 Å². The predicted molar refractivity (Wildman–Crippen MR) is 99.4 cm³/mol. The fourth-order valence-corrected chi connectivity index (χ4v) is 3.57. The molecule has 0 saturated carbocycles. The standard InChI is InChI=1S/C23H20/c1-16-8-6-7-11-21(16)23-17(2)12-13-19-14-20(15-22(19)23)18-9-4-3-5-10-18/h3-13,15H,14H2,1-2H3. The molecule has 0 heteroatoms. The van der Waals surface area contributed by atoms with Crippen molar-refractivity contribution in [3.05, 3.63) is 94.5 Å². The number of allylic oxidation sites excluding steroid dienone is 1. The van der Waals surface area contributed by atoms with Crippen molar-refractivity contribution in [2.24, 2.45) is 0 Å². The molecule has 0 bridgehead atoms. The Kier molecular flexibility index (Phi) is 3.38. The van der Waals surface area contributed by atoms with E-state index in [1.54, 1.807) is 0 Å². The maximum atomic E-state index is 2.39. The molecule has 0 unspecified atom stereocenters. The maximum Gasteiger partial charge on any atom is -0.00134 e. The molecule has 0 saturated heterocycles. The zero-order chi connectivity index (χ0) is 15.8. The zero-order valence-electron chi connectivity index (χ0n) is 13.6. The first-order chi connectivity index (χ1) is 11.2. The molecule has 0 fully saturated rings. The molecule has 1 aliphatic carbocycles. The summed E-state index contributed by atoms with van der Waals surface area (Å²) < 4.78 is 0. The Morgan fingerprint density at radius 2 is 1.43 bits per heavy atom. The lowest BCUT2D eigenvalue weighted by atomic mass is 9.90. The molecule has 0 heterocycles. The SMILES string of the molecule is Cc1ccccc1-c1c(C)ccc2c1C=C(c1ccccc1)C2. The highest BCUT2D eigenvalue weighted by Gasteiger charge is 2.19. The minimum absolute atomic E-state index is 1.03. The molecule has 0 atom stereocenters. The smallest absolute Gasteiger partial charge is 0.00134 e. The Labute approximate surface area is 138 Å². The van der Waals surface area contributed by atoms with E-state index in [4.69, 9.17) is 0 Å². The molecular weight excluding hydrogens is 276 g/mol. The van der Waals surface area contributed by atoms with Gasteiger partial charge in [-0.15, -0.1) is 0 Å². The van der Waals surface area contributed by atoms with Crippen LogP contribution in [0, 0.1) is 13.8 Å². The van der Waals surface area contributed by atoms with Gasteiger partial charge in [0.1, 0.15) is 0 Å². The van der Waals surface area contributed by atoms with Crippen molar-refractivity contribution in [1.82, 2.24) is 0 Å². The summed E-state index contributed by atoms with van der Waals surface area (Å²) in [6.45, 7) is 4.42. The summed E-state index contributed by atoms with van der Waals surface area (Å²) in [7, 11) is 0. The number of aryl methyl sites for hydroxylation is 2. The van der Waals surface area contributed by atoms with Gasteiger partial charge in [-0.05, 0) is 70.9 Å². The molecule has 4 rings (SSSR count). The number of hydrogen-bond acceptors (Lipinski definition) is 0. The minimum atomic E-state index is 1.03. The fourth-order valence-electron chi connectivity index (χ4n) is 3.57. The molecule has 0 spiro atoms. The number of fused-ring (bicyclic) bond motifs is 1. The van der Waals surface area contributed by atoms with Crippen molar-refractivity contribution in [1.29, 1.82) is 0 Å². The van der Waals surface area contributed by atoms with Crippen LogP contribution in [0.5, 0.6) is 0 Å². The van der Waals surface area contributed by atoms with Gasteiger partial charge in [0.05, 0.1) is 0 Å². The predicted octanol–water partition coefficient (Wildman–Crippen LogP) is 6.07. The molecule has 3 aromatic carbocycles. The second-order valence-electron chi connectivity index (χ2n) is 6.36. The van der Waals surface area contributed by atoms with Crippen LogP contribution in [0.25, 0.3) is 22.8 Å². The highest BCUT2D eigenvalue weighted by molar-refractivity contribution is 5.95. The molecule has 0 radical (unpaired) electrons.